The molecule has 6 heteroatoms. The minimum Gasteiger partial charge on any atom is -0.350 e. The predicted octanol–water partition coefficient (Wildman–Crippen LogP) is 2.09. The fourth-order valence-corrected chi connectivity index (χ4v) is 3.39. The molecule has 1 aromatic rings. The van der Waals surface area contributed by atoms with Crippen molar-refractivity contribution in [3.63, 3.8) is 0 Å². The van der Waals surface area contributed by atoms with Gasteiger partial charge in [0.15, 0.2) is 0 Å². The van der Waals surface area contributed by atoms with Crippen LogP contribution in [-0.4, -0.2) is 14.3 Å². The maximum Gasteiger partial charge on any atom is 0.238 e. The highest BCUT2D eigenvalue weighted by Gasteiger charge is 2.20. The molecule has 0 radical (unpaired) electrons. The molecule has 1 aliphatic rings. The maximum atomic E-state index is 12.0. The number of primary sulfonamides is 1. The Labute approximate surface area is 126 Å². The van der Waals surface area contributed by atoms with Gasteiger partial charge in [-0.15, -0.1) is 0 Å². The fourth-order valence-electron chi connectivity index (χ4n) is 2.82. The van der Waals surface area contributed by atoms with E-state index >= 15 is 0 Å². The summed E-state index contributed by atoms with van der Waals surface area (Å²) in [5, 5.41) is 8.05. The van der Waals surface area contributed by atoms with Crippen molar-refractivity contribution >= 4 is 15.9 Å². The molecular formula is C15H22N2O3S. The number of hydrogen-bond acceptors (Lipinski definition) is 3. The van der Waals surface area contributed by atoms with E-state index in [0.29, 0.717) is 12.3 Å². The summed E-state index contributed by atoms with van der Waals surface area (Å²) in [5.74, 6) is 0.517. The van der Waals surface area contributed by atoms with Crippen LogP contribution in [0, 0.1) is 5.92 Å². The minimum atomic E-state index is -3.72. The molecular weight excluding hydrogens is 288 g/mol. The Balaban J connectivity index is 1.99. The maximum absolute atomic E-state index is 12.0. The number of benzene rings is 1. The average Bonchev–Trinajstić information content (AvgIpc) is 2.90. The number of carbonyl (C=O) groups excluding carboxylic acids is 1. The zero-order valence-electron chi connectivity index (χ0n) is 12.2. The first-order chi connectivity index (χ1) is 9.86. The van der Waals surface area contributed by atoms with Gasteiger partial charge in [0.05, 0.1) is 10.9 Å². The molecule has 3 N–H and O–H groups in total. The third kappa shape index (κ3) is 4.54. The van der Waals surface area contributed by atoms with E-state index in [1.54, 1.807) is 12.1 Å². The first-order valence-corrected chi connectivity index (χ1v) is 8.83. The van der Waals surface area contributed by atoms with E-state index in [0.717, 1.165) is 18.4 Å². The summed E-state index contributed by atoms with van der Waals surface area (Å²) in [6.07, 6.45) is 5.23. The smallest absolute Gasteiger partial charge is 0.238 e. The number of hydrogen-bond donors (Lipinski definition) is 2. The number of carbonyl (C=O) groups is 1. The van der Waals surface area contributed by atoms with Crippen molar-refractivity contribution in [2.24, 2.45) is 11.1 Å². The quantitative estimate of drug-likeness (QED) is 0.872. The summed E-state index contributed by atoms with van der Waals surface area (Å²) in [6.45, 7) is 1.84. The van der Waals surface area contributed by atoms with Crippen LogP contribution < -0.4 is 10.5 Å². The second kappa shape index (κ2) is 6.58. The Morgan fingerprint density at radius 1 is 1.38 bits per heavy atom. The summed E-state index contributed by atoms with van der Waals surface area (Å²) in [5.41, 5.74) is 0.737. The van der Waals surface area contributed by atoms with E-state index in [-0.39, 0.29) is 16.8 Å². The molecule has 1 aliphatic carbocycles. The summed E-state index contributed by atoms with van der Waals surface area (Å²) >= 11 is 0. The summed E-state index contributed by atoms with van der Waals surface area (Å²) < 4.78 is 22.7. The normalized spacial score (nSPS) is 17.6. The Hall–Kier alpha value is -1.40. The summed E-state index contributed by atoms with van der Waals surface area (Å²) in [6, 6.07) is 6.15. The van der Waals surface area contributed by atoms with E-state index in [1.165, 1.54) is 25.0 Å². The number of rotatable bonds is 5. The first kappa shape index (κ1) is 16.0. The van der Waals surface area contributed by atoms with Gasteiger partial charge in [-0.25, -0.2) is 13.6 Å². The SMILES string of the molecule is CC(NC(=O)CC1CCCC1)c1cccc(S(N)(=O)=O)c1. The number of nitrogens with one attached hydrogen (secondary N) is 1. The lowest BCUT2D eigenvalue weighted by molar-refractivity contribution is -0.122. The van der Waals surface area contributed by atoms with E-state index in [9.17, 15) is 13.2 Å². The molecule has 1 saturated carbocycles. The molecule has 116 valence electrons. The highest BCUT2D eigenvalue weighted by Crippen LogP contribution is 2.27. The monoisotopic (exact) mass is 310 g/mol. The van der Waals surface area contributed by atoms with E-state index < -0.39 is 10.0 Å². The lowest BCUT2D eigenvalue weighted by atomic mass is 10.0. The Morgan fingerprint density at radius 2 is 2.05 bits per heavy atom. The van der Waals surface area contributed by atoms with E-state index in [1.807, 2.05) is 6.92 Å². The van der Waals surface area contributed by atoms with Crippen LogP contribution >= 0.6 is 0 Å². The van der Waals surface area contributed by atoms with Gasteiger partial charge in [-0.1, -0.05) is 25.0 Å². The molecule has 5 nitrogen and oxygen atoms in total. The van der Waals surface area contributed by atoms with Crippen LogP contribution in [0.2, 0.25) is 0 Å². The third-order valence-electron chi connectivity index (χ3n) is 4.01. The zero-order valence-corrected chi connectivity index (χ0v) is 13.0. The van der Waals surface area contributed by atoms with Crippen LogP contribution in [0.4, 0.5) is 0 Å². The molecule has 0 heterocycles. The second-order valence-corrected chi connectivity index (χ2v) is 7.32. The Morgan fingerprint density at radius 3 is 2.67 bits per heavy atom. The average molecular weight is 310 g/mol. The summed E-state index contributed by atoms with van der Waals surface area (Å²) in [7, 11) is -3.72. The number of nitrogens with two attached hydrogens (primary N) is 1. The van der Waals surface area contributed by atoms with Gasteiger partial charge in [0, 0.05) is 6.42 Å². The molecule has 0 aliphatic heterocycles. The standard InChI is InChI=1S/C15H22N2O3S/c1-11(17-15(18)9-12-5-2-3-6-12)13-7-4-8-14(10-13)21(16,19)20/h4,7-8,10-12H,2-3,5-6,9H2,1H3,(H,17,18)(H2,16,19,20). The molecule has 1 unspecified atom stereocenters. The van der Waals surface area contributed by atoms with Gasteiger partial charge in [-0.3, -0.25) is 4.79 Å². The third-order valence-corrected chi connectivity index (χ3v) is 4.92. The van der Waals surface area contributed by atoms with Gasteiger partial charge in [0.2, 0.25) is 15.9 Å². The predicted molar refractivity (Wildman–Crippen MR) is 80.9 cm³/mol. The number of sulfonamides is 1. The molecule has 0 aromatic heterocycles. The lowest BCUT2D eigenvalue weighted by Crippen LogP contribution is -2.28. The van der Waals surface area contributed by atoms with Crippen LogP contribution in [-0.2, 0) is 14.8 Å². The van der Waals surface area contributed by atoms with E-state index in [2.05, 4.69) is 5.32 Å². The molecule has 21 heavy (non-hydrogen) atoms. The first-order valence-electron chi connectivity index (χ1n) is 7.28. The van der Waals surface area contributed by atoms with Crippen LogP contribution in [0.5, 0.6) is 0 Å². The van der Waals surface area contributed by atoms with Crippen molar-refractivity contribution in [2.75, 3.05) is 0 Å². The van der Waals surface area contributed by atoms with E-state index in [4.69, 9.17) is 5.14 Å². The fraction of sp³-hybridized carbons (Fsp3) is 0.533. The minimum absolute atomic E-state index is 0.0235. The topological polar surface area (TPSA) is 89.3 Å². The van der Waals surface area contributed by atoms with Crippen LogP contribution in [0.1, 0.15) is 50.6 Å². The van der Waals surface area contributed by atoms with Crippen molar-refractivity contribution in [1.82, 2.24) is 5.32 Å². The van der Waals surface area contributed by atoms with Crippen LogP contribution in [0.15, 0.2) is 29.2 Å². The highest BCUT2D eigenvalue weighted by molar-refractivity contribution is 7.89. The molecule has 0 saturated heterocycles. The Bertz CT molecular complexity index is 607. The van der Waals surface area contributed by atoms with Crippen LogP contribution in [0.25, 0.3) is 0 Å². The zero-order chi connectivity index (χ0) is 15.5. The van der Waals surface area contributed by atoms with Crippen molar-refractivity contribution in [2.45, 2.75) is 50.0 Å². The molecule has 1 aromatic carbocycles. The van der Waals surface area contributed by atoms with Crippen molar-refractivity contribution in [3.8, 4) is 0 Å². The molecule has 2 rings (SSSR count). The van der Waals surface area contributed by atoms with Gasteiger partial charge in [-0.05, 0) is 43.4 Å². The van der Waals surface area contributed by atoms with Gasteiger partial charge in [0.1, 0.15) is 0 Å². The molecule has 0 spiro atoms. The second-order valence-electron chi connectivity index (χ2n) is 5.76. The number of amides is 1. The van der Waals surface area contributed by atoms with Gasteiger partial charge < -0.3 is 5.32 Å². The Kier molecular flexibility index (Phi) is 5.00. The lowest BCUT2D eigenvalue weighted by Gasteiger charge is -2.16. The van der Waals surface area contributed by atoms with Gasteiger partial charge in [-0.2, -0.15) is 0 Å². The molecule has 1 amide bonds. The van der Waals surface area contributed by atoms with Crippen molar-refractivity contribution in [3.05, 3.63) is 29.8 Å². The van der Waals surface area contributed by atoms with Crippen LogP contribution in [0.3, 0.4) is 0 Å². The van der Waals surface area contributed by atoms with Gasteiger partial charge >= 0.3 is 0 Å². The molecule has 1 fully saturated rings. The summed E-state index contributed by atoms with van der Waals surface area (Å²) in [4.78, 5) is 12.1. The van der Waals surface area contributed by atoms with Gasteiger partial charge in [0.25, 0.3) is 0 Å². The molecule has 1 atom stereocenters. The molecule has 0 bridgehead atoms. The highest BCUT2D eigenvalue weighted by atomic mass is 32.2. The van der Waals surface area contributed by atoms with Crippen molar-refractivity contribution < 1.29 is 13.2 Å². The largest absolute Gasteiger partial charge is 0.350 e. The van der Waals surface area contributed by atoms with Crippen molar-refractivity contribution in [1.29, 1.82) is 0 Å².